The van der Waals surface area contributed by atoms with Crippen LogP contribution in [0.4, 0.5) is 5.13 Å². The van der Waals surface area contributed by atoms with Gasteiger partial charge in [-0.3, -0.25) is 4.98 Å². The lowest BCUT2D eigenvalue weighted by Gasteiger charge is -2.18. The molecule has 0 aromatic carbocycles. The van der Waals surface area contributed by atoms with Gasteiger partial charge in [0.1, 0.15) is 5.82 Å². The SMILES string of the molecule is CCN(Cc1ccccn1)c1nc(CC(C)C)ns1. The Morgan fingerprint density at radius 2 is 2.16 bits per heavy atom. The molecule has 19 heavy (non-hydrogen) atoms. The Kier molecular flexibility index (Phi) is 4.85. The van der Waals surface area contributed by atoms with E-state index in [1.165, 1.54) is 11.5 Å². The second-order valence-corrected chi connectivity index (χ2v) is 5.66. The largest absolute Gasteiger partial charge is 0.341 e. The second kappa shape index (κ2) is 6.61. The van der Waals surface area contributed by atoms with Gasteiger partial charge in [-0.15, -0.1) is 0 Å². The van der Waals surface area contributed by atoms with Crippen molar-refractivity contribution in [3.63, 3.8) is 0 Å². The zero-order valence-corrected chi connectivity index (χ0v) is 12.5. The van der Waals surface area contributed by atoms with E-state index in [2.05, 4.69) is 40.0 Å². The molecule has 0 radical (unpaired) electrons. The first-order valence-corrected chi connectivity index (χ1v) is 7.43. The Balaban J connectivity index is 2.07. The summed E-state index contributed by atoms with van der Waals surface area (Å²) in [5, 5.41) is 0.990. The van der Waals surface area contributed by atoms with Crippen LogP contribution in [0.1, 0.15) is 32.3 Å². The minimum absolute atomic E-state index is 0.591. The topological polar surface area (TPSA) is 41.9 Å². The first-order chi connectivity index (χ1) is 9.19. The molecule has 0 atom stereocenters. The molecular formula is C14H20N4S. The van der Waals surface area contributed by atoms with Crippen molar-refractivity contribution >= 4 is 16.7 Å². The lowest BCUT2D eigenvalue weighted by atomic mass is 10.1. The van der Waals surface area contributed by atoms with Gasteiger partial charge in [-0.25, -0.2) is 4.98 Å². The van der Waals surface area contributed by atoms with Gasteiger partial charge < -0.3 is 4.90 Å². The highest BCUT2D eigenvalue weighted by molar-refractivity contribution is 7.09. The van der Waals surface area contributed by atoms with Gasteiger partial charge in [0, 0.05) is 30.7 Å². The van der Waals surface area contributed by atoms with Gasteiger partial charge in [0.2, 0.25) is 5.13 Å². The molecule has 2 aromatic heterocycles. The summed E-state index contributed by atoms with van der Waals surface area (Å²) in [5.74, 6) is 1.54. The fraction of sp³-hybridized carbons (Fsp3) is 0.500. The average molecular weight is 276 g/mol. The van der Waals surface area contributed by atoms with Crippen LogP contribution in [-0.2, 0) is 13.0 Å². The van der Waals surface area contributed by atoms with E-state index in [0.717, 1.165) is 36.2 Å². The fourth-order valence-electron chi connectivity index (χ4n) is 1.82. The summed E-state index contributed by atoms with van der Waals surface area (Å²) < 4.78 is 4.44. The Labute approximate surface area is 118 Å². The van der Waals surface area contributed by atoms with E-state index < -0.39 is 0 Å². The van der Waals surface area contributed by atoms with E-state index in [4.69, 9.17) is 0 Å². The zero-order valence-electron chi connectivity index (χ0n) is 11.7. The summed E-state index contributed by atoms with van der Waals surface area (Å²) in [6, 6.07) is 5.99. The van der Waals surface area contributed by atoms with E-state index in [1.54, 1.807) is 0 Å². The van der Waals surface area contributed by atoms with Crippen LogP contribution in [0.3, 0.4) is 0 Å². The van der Waals surface area contributed by atoms with Crippen molar-refractivity contribution in [3.8, 4) is 0 Å². The minimum atomic E-state index is 0.591. The van der Waals surface area contributed by atoms with Gasteiger partial charge in [-0.1, -0.05) is 19.9 Å². The summed E-state index contributed by atoms with van der Waals surface area (Å²) in [5.41, 5.74) is 1.06. The molecule has 0 N–H and O–H groups in total. The lowest BCUT2D eigenvalue weighted by molar-refractivity contribution is 0.626. The highest BCUT2D eigenvalue weighted by atomic mass is 32.1. The van der Waals surface area contributed by atoms with Crippen LogP contribution < -0.4 is 4.90 Å². The highest BCUT2D eigenvalue weighted by Crippen LogP contribution is 2.20. The van der Waals surface area contributed by atoms with Crippen molar-refractivity contribution in [2.24, 2.45) is 5.92 Å². The van der Waals surface area contributed by atoms with Crippen LogP contribution in [0.5, 0.6) is 0 Å². The molecule has 2 aromatic rings. The molecule has 0 saturated carbocycles. The third-order valence-electron chi connectivity index (χ3n) is 2.78. The molecule has 0 spiro atoms. The summed E-state index contributed by atoms with van der Waals surface area (Å²) in [7, 11) is 0. The van der Waals surface area contributed by atoms with Gasteiger partial charge in [0.15, 0.2) is 0 Å². The summed E-state index contributed by atoms with van der Waals surface area (Å²) in [6.07, 6.45) is 2.77. The molecule has 0 amide bonds. The van der Waals surface area contributed by atoms with Crippen molar-refractivity contribution in [1.82, 2.24) is 14.3 Å². The Morgan fingerprint density at radius 1 is 1.32 bits per heavy atom. The van der Waals surface area contributed by atoms with E-state index in [9.17, 15) is 0 Å². The number of anilines is 1. The number of hydrogen-bond acceptors (Lipinski definition) is 5. The maximum atomic E-state index is 4.62. The van der Waals surface area contributed by atoms with Crippen molar-refractivity contribution in [3.05, 3.63) is 35.9 Å². The van der Waals surface area contributed by atoms with E-state index >= 15 is 0 Å². The summed E-state index contributed by atoms with van der Waals surface area (Å²) >= 11 is 1.48. The monoisotopic (exact) mass is 276 g/mol. The van der Waals surface area contributed by atoms with Crippen LogP contribution in [-0.4, -0.2) is 20.9 Å². The predicted molar refractivity (Wildman–Crippen MR) is 79.4 cm³/mol. The van der Waals surface area contributed by atoms with Crippen molar-refractivity contribution < 1.29 is 0 Å². The second-order valence-electron chi connectivity index (χ2n) is 4.93. The van der Waals surface area contributed by atoms with Crippen LogP contribution in [0.25, 0.3) is 0 Å². The highest BCUT2D eigenvalue weighted by Gasteiger charge is 2.12. The average Bonchev–Trinajstić information content (AvgIpc) is 2.84. The molecule has 0 aliphatic rings. The quantitative estimate of drug-likeness (QED) is 0.812. The molecule has 0 fully saturated rings. The molecule has 102 valence electrons. The molecular weight excluding hydrogens is 256 g/mol. The summed E-state index contributed by atoms with van der Waals surface area (Å²) in [6.45, 7) is 8.20. The van der Waals surface area contributed by atoms with Gasteiger partial charge >= 0.3 is 0 Å². The van der Waals surface area contributed by atoms with Crippen LogP contribution in [0.2, 0.25) is 0 Å². The molecule has 0 aliphatic carbocycles. The van der Waals surface area contributed by atoms with Crippen molar-refractivity contribution in [2.75, 3.05) is 11.4 Å². The number of pyridine rings is 1. The minimum Gasteiger partial charge on any atom is -0.341 e. The number of hydrogen-bond donors (Lipinski definition) is 0. The molecule has 5 heteroatoms. The molecule has 0 aliphatic heterocycles. The number of nitrogens with zero attached hydrogens (tertiary/aromatic N) is 4. The van der Waals surface area contributed by atoms with Crippen LogP contribution in [0.15, 0.2) is 24.4 Å². The Morgan fingerprint density at radius 3 is 2.79 bits per heavy atom. The molecule has 2 heterocycles. The van der Waals surface area contributed by atoms with Crippen LogP contribution >= 0.6 is 11.5 Å². The van der Waals surface area contributed by atoms with E-state index in [0.29, 0.717) is 5.92 Å². The van der Waals surface area contributed by atoms with Gasteiger partial charge in [0.05, 0.1) is 12.2 Å². The maximum Gasteiger partial charge on any atom is 0.205 e. The van der Waals surface area contributed by atoms with E-state index in [-0.39, 0.29) is 0 Å². The molecule has 0 bridgehead atoms. The first kappa shape index (κ1) is 13.9. The van der Waals surface area contributed by atoms with E-state index in [1.807, 2.05) is 24.4 Å². The van der Waals surface area contributed by atoms with Crippen LogP contribution in [0, 0.1) is 5.92 Å². The Hall–Kier alpha value is -1.49. The first-order valence-electron chi connectivity index (χ1n) is 6.66. The predicted octanol–water partition coefficient (Wildman–Crippen LogP) is 3.16. The smallest absolute Gasteiger partial charge is 0.205 e. The fourth-order valence-corrected chi connectivity index (χ4v) is 2.58. The normalized spacial score (nSPS) is 10.9. The maximum absolute atomic E-state index is 4.62. The van der Waals surface area contributed by atoms with Gasteiger partial charge in [-0.05, 0) is 25.0 Å². The molecule has 2 rings (SSSR count). The van der Waals surface area contributed by atoms with Crippen molar-refractivity contribution in [2.45, 2.75) is 33.7 Å². The lowest BCUT2D eigenvalue weighted by Crippen LogP contribution is -2.22. The van der Waals surface area contributed by atoms with Gasteiger partial charge in [0.25, 0.3) is 0 Å². The molecule has 0 unspecified atom stereocenters. The number of rotatable bonds is 6. The Bertz CT molecular complexity index is 495. The number of aromatic nitrogens is 3. The molecule has 0 saturated heterocycles. The van der Waals surface area contributed by atoms with Gasteiger partial charge in [-0.2, -0.15) is 4.37 Å². The standard InChI is InChI=1S/C14H20N4S/c1-4-18(10-12-7-5-6-8-15-12)14-16-13(17-19-14)9-11(2)3/h5-8,11H,4,9-10H2,1-3H3. The zero-order chi connectivity index (χ0) is 13.7. The summed E-state index contributed by atoms with van der Waals surface area (Å²) in [4.78, 5) is 11.2. The molecule has 4 nitrogen and oxygen atoms in total. The van der Waals surface area contributed by atoms with Crippen molar-refractivity contribution in [1.29, 1.82) is 0 Å². The third-order valence-corrected chi connectivity index (χ3v) is 3.59. The third kappa shape index (κ3) is 3.99.